The summed E-state index contributed by atoms with van der Waals surface area (Å²) in [5.41, 5.74) is -0.818. The van der Waals surface area contributed by atoms with E-state index in [1.54, 1.807) is 11.8 Å². The van der Waals surface area contributed by atoms with Crippen LogP contribution in [0.25, 0.3) is 0 Å². The molecule has 0 aromatic heterocycles. The van der Waals surface area contributed by atoms with Gasteiger partial charge in [0.15, 0.2) is 0 Å². The lowest BCUT2D eigenvalue weighted by Gasteiger charge is -2.22. The first-order chi connectivity index (χ1) is 7.35. The topological polar surface area (TPSA) is 69.6 Å². The maximum absolute atomic E-state index is 11.8. The van der Waals surface area contributed by atoms with E-state index in [0.717, 1.165) is 12.8 Å². The van der Waals surface area contributed by atoms with Gasteiger partial charge in [0.1, 0.15) is 0 Å². The summed E-state index contributed by atoms with van der Waals surface area (Å²) in [6.45, 7) is 4.55. The Morgan fingerprint density at radius 1 is 1.25 bits per heavy atom. The van der Waals surface area contributed by atoms with Crippen molar-refractivity contribution in [1.29, 1.82) is 0 Å². The summed E-state index contributed by atoms with van der Waals surface area (Å²) >= 11 is 0. The van der Waals surface area contributed by atoms with Crippen LogP contribution >= 0.6 is 0 Å². The monoisotopic (exact) mass is 226 g/mol. The molecule has 90 valence electrons. The first kappa shape index (κ1) is 11.2. The summed E-state index contributed by atoms with van der Waals surface area (Å²) in [6.07, 6.45) is 2.57. The highest BCUT2D eigenvalue weighted by atomic mass is 16.4. The molecular weight excluding hydrogens is 208 g/mol. The van der Waals surface area contributed by atoms with Gasteiger partial charge in [-0.15, -0.1) is 0 Å². The van der Waals surface area contributed by atoms with E-state index in [9.17, 15) is 9.59 Å². The minimum atomic E-state index is -0.819. The molecule has 1 atom stereocenters. The predicted octanol–water partition coefficient (Wildman–Crippen LogP) is 1.05. The fraction of sp³-hybridized carbons (Fsp3) is 0.818. The quantitative estimate of drug-likeness (QED) is 0.739. The minimum absolute atomic E-state index is 0.0424. The molecule has 1 aliphatic heterocycles. The Hall–Kier alpha value is -1.26. The number of carboxylic acids is 1. The van der Waals surface area contributed by atoms with Crippen molar-refractivity contribution in [1.82, 2.24) is 10.2 Å². The van der Waals surface area contributed by atoms with Gasteiger partial charge in [-0.2, -0.15) is 0 Å². The number of likely N-dealkylation sites (tertiary alicyclic amines) is 1. The van der Waals surface area contributed by atoms with Gasteiger partial charge < -0.3 is 15.3 Å². The highest BCUT2D eigenvalue weighted by Gasteiger charge is 2.45. The third-order valence-corrected chi connectivity index (χ3v) is 3.69. The number of urea groups is 1. The van der Waals surface area contributed by atoms with Crippen LogP contribution in [0.4, 0.5) is 4.79 Å². The maximum Gasteiger partial charge on any atom is 0.317 e. The first-order valence-electron chi connectivity index (χ1n) is 5.65. The third kappa shape index (κ3) is 1.99. The van der Waals surface area contributed by atoms with Gasteiger partial charge in [-0.3, -0.25) is 4.79 Å². The van der Waals surface area contributed by atoms with Crippen molar-refractivity contribution in [2.45, 2.75) is 38.6 Å². The summed E-state index contributed by atoms with van der Waals surface area (Å²) in [7, 11) is 0. The molecule has 2 rings (SSSR count). The molecule has 5 nitrogen and oxygen atoms in total. The van der Waals surface area contributed by atoms with Crippen molar-refractivity contribution in [3.8, 4) is 0 Å². The van der Waals surface area contributed by atoms with Crippen molar-refractivity contribution < 1.29 is 14.7 Å². The molecule has 1 saturated carbocycles. The Labute approximate surface area is 94.8 Å². The van der Waals surface area contributed by atoms with Crippen LogP contribution in [0.1, 0.15) is 33.1 Å². The normalized spacial score (nSPS) is 31.2. The number of carbonyl (C=O) groups is 2. The number of nitrogens with zero attached hydrogens (tertiary/aromatic N) is 1. The van der Waals surface area contributed by atoms with E-state index >= 15 is 0 Å². The Balaban J connectivity index is 1.93. The second-order valence-corrected chi connectivity index (χ2v) is 5.53. The average molecular weight is 226 g/mol. The molecule has 1 heterocycles. The number of hydrogen-bond donors (Lipinski definition) is 2. The Morgan fingerprint density at radius 3 is 2.31 bits per heavy atom. The van der Waals surface area contributed by atoms with E-state index in [2.05, 4.69) is 5.32 Å². The molecule has 16 heavy (non-hydrogen) atoms. The SMILES string of the molecule is CC1(NC(=O)N2CCC(C)(C(=O)O)C2)CC1. The number of carbonyl (C=O) groups excluding carboxylic acids is 1. The summed E-state index contributed by atoms with van der Waals surface area (Å²) in [4.78, 5) is 24.5. The van der Waals surface area contributed by atoms with Gasteiger partial charge in [-0.1, -0.05) is 0 Å². The van der Waals surface area contributed by atoms with Crippen LogP contribution in [0.15, 0.2) is 0 Å². The summed E-state index contributed by atoms with van der Waals surface area (Å²) in [5, 5.41) is 12.0. The lowest BCUT2D eigenvalue weighted by molar-refractivity contribution is -0.146. The maximum atomic E-state index is 11.8. The van der Waals surface area contributed by atoms with Crippen LogP contribution in [0, 0.1) is 5.41 Å². The number of aliphatic carboxylic acids is 1. The van der Waals surface area contributed by atoms with Crippen LogP contribution < -0.4 is 5.32 Å². The van der Waals surface area contributed by atoms with Gasteiger partial charge in [0, 0.05) is 18.6 Å². The van der Waals surface area contributed by atoms with E-state index in [4.69, 9.17) is 5.11 Å². The van der Waals surface area contributed by atoms with Gasteiger partial charge in [0.2, 0.25) is 0 Å². The molecule has 0 spiro atoms. The largest absolute Gasteiger partial charge is 0.481 e. The summed E-state index contributed by atoms with van der Waals surface area (Å²) in [6, 6.07) is -0.120. The van der Waals surface area contributed by atoms with Crippen LogP contribution in [-0.4, -0.2) is 40.6 Å². The van der Waals surface area contributed by atoms with Crippen LogP contribution in [0.3, 0.4) is 0 Å². The second kappa shape index (κ2) is 3.37. The molecule has 0 bridgehead atoms. The Morgan fingerprint density at radius 2 is 1.88 bits per heavy atom. The molecule has 2 amide bonds. The molecule has 2 aliphatic rings. The van der Waals surface area contributed by atoms with Crippen molar-refractivity contribution in [3.05, 3.63) is 0 Å². The van der Waals surface area contributed by atoms with Crippen molar-refractivity contribution in [3.63, 3.8) is 0 Å². The van der Waals surface area contributed by atoms with Gasteiger partial charge in [0.05, 0.1) is 5.41 Å². The standard InChI is InChI=1S/C11H18N2O3/c1-10(8(14)15)5-6-13(7-10)9(16)12-11(2)3-4-11/h3-7H2,1-2H3,(H,12,16)(H,14,15). The second-order valence-electron chi connectivity index (χ2n) is 5.53. The van der Waals surface area contributed by atoms with E-state index in [1.807, 2.05) is 6.92 Å². The molecule has 1 aliphatic carbocycles. The number of carboxylic acid groups (broad SMARTS) is 1. The van der Waals surface area contributed by atoms with E-state index in [-0.39, 0.29) is 11.6 Å². The molecule has 0 aromatic carbocycles. The van der Waals surface area contributed by atoms with E-state index in [0.29, 0.717) is 19.5 Å². The average Bonchev–Trinajstić information content (AvgIpc) is 2.76. The van der Waals surface area contributed by atoms with Gasteiger partial charge in [0.25, 0.3) is 0 Å². The number of nitrogens with one attached hydrogen (secondary N) is 1. The number of hydrogen-bond acceptors (Lipinski definition) is 2. The molecule has 2 fully saturated rings. The van der Waals surface area contributed by atoms with Crippen LogP contribution in [0.2, 0.25) is 0 Å². The van der Waals surface area contributed by atoms with Crippen molar-refractivity contribution >= 4 is 12.0 Å². The lowest BCUT2D eigenvalue weighted by Crippen LogP contribution is -2.45. The minimum Gasteiger partial charge on any atom is -0.481 e. The van der Waals surface area contributed by atoms with Gasteiger partial charge in [-0.05, 0) is 33.1 Å². The molecular formula is C11H18N2O3. The highest BCUT2D eigenvalue weighted by molar-refractivity contribution is 5.80. The fourth-order valence-electron chi connectivity index (χ4n) is 1.96. The highest BCUT2D eigenvalue weighted by Crippen LogP contribution is 2.35. The smallest absolute Gasteiger partial charge is 0.317 e. The number of amides is 2. The molecule has 1 saturated heterocycles. The molecule has 1 unspecified atom stereocenters. The first-order valence-corrected chi connectivity index (χ1v) is 5.65. The number of rotatable bonds is 2. The third-order valence-electron chi connectivity index (χ3n) is 3.69. The molecule has 0 aromatic rings. The molecule has 5 heteroatoms. The zero-order valence-corrected chi connectivity index (χ0v) is 9.75. The fourth-order valence-corrected chi connectivity index (χ4v) is 1.96. The van der Waals surface area contributed by atoms with Gasteiger partial charge >= 0.3 is 12.0 Å². The predicted molar refractivity (Wildman–Crippen MR) is 58.1 cm³/mol. The molecule has 2 N–H and O–H groups in total. The Bertz CT molecular complexity index is 338. The van der Waals surface area contributed by atoms with Crippen molar-refractivity contribution in [2.24, 2.45) is 5.41 Å². The zero-order chi connectivity index (χ0) is 12.0. The van der Waals surface area contributed by atoms with Crippen molar-refractivity contribution in [2.75, 3.05) is 13.1 Å². The zero-order valence-electron chi connectivity index (χ0n) is 9.75. The summed E-state index contributed by atoms with van der Waals surface area (Å²) in [5.74, 6) is -0.819. The van der Waals surface area contributed by atoms with Gasteiger partial charge in [-0.25, -0.2) is 4.79 Å². The van der Waals surface area contributed by atoms with Crippen LogP contribution in [-0.2, 0) is 4.79 Å². The Kier molecular flexibility index (Phi) is 2.36. The van der Waals surface area contributed by atoms with E-state index in [1.165, 1.54) is 0 Å². The summed E-state index contributed by atoms with van der Waals surface area (Å²) < 4.78 is 0. The van der Waals surface area contributed by atoms with E-state index < -0.39 is 11.4 Å². The lowest BCUT2D eigenvalue weighted by atomic mass is 9.90. The molecule has 0 radical (unpaired) electrons. The van der Waals surface area contributed by atoms with Crippen LogP contribution in [0.5, 0.6) is 0 Å².